The molecule has 0 saturated carbocycles. The van der Waals surface area contributed by atoms with E-state index in [1.54, 1.807) is 7.11 Å². The molecule has 0 saturated heterocycles. The molecule has 0 amide bonds. The molecule has 3 heteroatoms. The van der Waals surface area contributed by atoms with Crippen LogP contribution in [0.2, 0.25) is 0 Å². The maximum Gasteiger partial charge on any atom is 0.119 e. The molecule has 4 N–H and O–H groups in total. The molecule has 0 bridgehead atoms. The van der Waals surface area contributed by atoms with Gasteiger partial charge in [0.2, 0.25) is 0 Å². The summed E-state index contributed by atoms with van der Waals surface area (Å²) in [4.78, 5) is 0. The monoisotopic (exact) mass is 208 g/mol. The third-order valence-electron chi connectivity index (χ3n) is 2.49. The first-order valence-corrected chi connectivity index (χ1v) is 5.37. The van der Waals surface area contributed by atoms with Crippen molar-refractivity contribution in [3.8, 4) is 5.75 Å². The molecule has 15 heavy (non-hydrogen) atoms. The summed E-state index contributed by atoms with van der Waals surface area (Å²) in [5, 5.41) is 0. The lowest BCUT2D eigenvalue weighted by Gasteiger charge is -2.12. The first-order chi connectivity index (χ1) is 7.27. The van der Waals surface area contributed by atoms with Crippen molar-refractivity contribution >= 4 is 0 Å². The van der Waals surface area contributed by atoms with Gasteiger partial charge in [-0.15, -0.1) is 0 Å². The van der Waals surface area contributed by atoms with Crippen LogP contribution in [0.15, 0.2) is 24.3 Å². The quantitative estimate of drug-likeness (QED) is 0.701. The largest absolute Gasteiger partial charge is 0.497 e. The predicted octanol–water partition coefficient (Wildman–Crippen LogP) is 1.82. The van der Waals surface area contributed by atoms with Crippen LogP contribution in [0.25, 0.3) is 0 Å². The van der Waals surface area contributed by atoms with Crippen molar-refractivity contribution in [1.82, 2.24) is 0 Å². The van der Waals surface area contributed by atoms with Crippen molar-refractivity contribution < 1.29 is 4.74 Å². The minimum atomic E-state index is 0.0895. The first kappa shape index (κ1) is 12.0. The van der Waals surface area contributed by atoms with E-state index in [9.17, 15) is 0 Å². The second-order valence-electron chi connectivity index (χ2n) is 3.67. The third-order valence-corrected chi connectivity index (χ3v) is 2.49. The Bertz CT molecular complexity index is 289. The molecule has 0 unspecified atom stereocenters. The van der Waals surface area contributed by atoms with Gasteiger partial charge < -0.3 is 16.2 Å². The first-order valence-electron chi connectivity index (χ1n) is 5.37. The molecule has 0 fully saturated rings. The van der Waals surface area contributed by atoms with Crippen molar-refractivity contribution in [2.24, 2.45) is 11.5 Å². The number of benzene rings is 1. The van der Waals surface area contributed by atoms with Crippen molar-refractivity contribution in [2.45, 2.75) is 25.3 Å². The zero-order chi connectivity index (χ0) is 11.1. The number of ether oxygens (including phenoxy) is 1. The van der Waals surface area contributed by atoms with Crippen molar-refractivity contribution in [2.75, 3.05) is 13.7 Å². The van der Waals surface area contributed by atoms with E-state index in [4.69, 9.17) is 16.2 Å². The van der Waals surface area contributed by atoms with Crippen LogP contribution in [-0.4, -0.2) is 13.7 Å². The Morgan fingerprint density at radius 3 is 2.80 bits per heavy atom. The Morgan fingerprint density at radius 1 is 1.33 bits per heavy atom. The predicted molar refractivity (Wildman–Crippen MR) is 62.8 cm³/mol. The van der Waals surface area contributed by atoms with Gasteiger partial charge in [-0.2, -0.15) is 0 Å². The molecule has 0 aliphatic heterocycles. The van der Waals surface area contributed by atoms with Crippen LogP contribution < -0.4 is 16.2 Å². The Morgan fingerprint density at radius 2 is 2.13 bits per heavy atom. The van der Waals surface area contributed by atoms with E-state index in [1.807, 2.05) is 24.3 Å². The van der Waals surface area contributed by atoms with Gasteiger partial charge in [0.25, 0.3) is 0 Å². The second kappa shape index (κ2) is 6.43. The van der Waals surface area contributed by atoms with E-state index in [-0.39, 0.29) is 6.04 Å². The number of hydrogen-bond acceptors (Lipinski definition) is 3. The molecule has 1 atom stereocenters. The van der Waals surface area contributed by atoms with Gasteiger partial charge in [0.1, 0.15) is 5.75 Å². The molecule has 0 radical (unpaired) electrons. The van der Waals surface area contributed by atoms with Crippen LogP contribution in [-0.2, 0) is 0 Å². The van der Waals surface area contributed by atoms with E-state index in [1.165, 1.54) is 0 Å². The standard InChI is InChI=1S/C12H20N2O/c1-15-11-6-4-5-10(9-11)12(14)7-2-3-8-13/h4-6,9,12H,2-3,7-8,13-14H2,1H3/t12-/m0/s1. The van der Waals surface area contributed by atoms with Gasteiger partial charge in [-0.05, 0) is 37.1 Å². The highest BCUT2D eigenvalue weighted by atomic mass is 16.5. The average molecular weight is 208 g/mol. The van der Waals surface area contributed by atoms with Gasteiger partial charge in [0.05, 0.1) is 7.11 Å². The van der Waals surface area contributed by atoms with Gasteiger partial charge in [0, 0.05) is 6.04 Å². The maximum absolute atomic E-state index is 6.06. The fourth-order valence-corrected chi connectivity index (χ4v) is 1.55. The molecule has 0 spiro atoms. The Labute approximate surface area is 91.4 Å². The van der Waals surface area contributed by atoms with Crippen LogP contribution in [0.5, 0.6) is 5.75 Å². The molecule has 1 aromatic rings. The summed E-state index contributed by atoms with van der Waals surface area (Å²) in [6, 6.07) is 8.02. The summed E-state index contributed by atoms with van der Waals surface area (Å²) in [7, 11) is 1.67. The number of methoxy groups -OCH3 is 1. The molecule has 0 heterocycles. The van der Waals surface area contributed by atoms with E-state index in [0.29, 0.717) is 0 Å². The van der Waals surface area contributed by atoms with E-state index < -0.39 is 0 Å². The summed E-state index contributed by atoms with van der Waals surface area (Å²) in [5.74, 6) is 0.863. The van der Waals surface area contributed by atoms with Crippen molar-refractivity contribution in [3.05, 3.63) is 29.8 Å². The van der Waals surface area contributed by atoms with Crippen LogP contribution in [0, 0.1) is 0 Å². The lowest BCUT2D eigenvalue weighted by Crippen LogP contribution is -2.11. The van der Waals surface area contributed by atoms with Gasteiger partial charge in [-0.25, -0.2) is 0 Å². The molecular weight excluding hydrogens is 188 g/mol. The summed E-state index contributed by atoms with van der Waals surface area (Å²) in [6.07, 6.45) is 3.09. The fraction of sp³-hybridized carbons (Fsp3) is 0.500. The molecule has 84 valence electrons. The van der Waals surface area contributed by atoms with E-state index in [2.05, 4.69) is 0 Å². The normalized spacial score (nSPS) is 12.5. The maximum atomic E-state index is 6.06. The third kappa shape index (κ3) is 3.90. The Kier molecular flexibility index (Phi) is 5.15. The van der Waals surface area contributed by atoms with Crippen molar-refractivity contribution in [3.63, 3.8) is 0 Å². The number of nitrogens with two attached hydrogens (primary N) is 2. The van der Waals surface area contributed by atoms with Crippen LogP contribution in [0.1, 0.15) is 30.9 Å². The lowest BCUT2D eigenvalue weighted by atomic mass is 10.0. The van der Waals surface area contributed by atoms with Crippen LogP contribution in [0.3, 0.4) is 0 Å². The topological polar surface area (TPSA) is 61.3 Å². The number of rotatable bonds is 6. The molecule has 1 rings (SSSR count). The van der Waals surface area contributed by atoms with Gasteiger partial charge >= 0.3 is 0 Å². The smallest absolute Gasteiger partial charge is 0.119 e. The SMILES string of the molecule is COc1cccc([C@@H](N)CCCCN)c1. The molecule has 3 nitrogen and oxygen atoms in total. The minimum Gasteiger partial charge on any atom is -0.497 e. The highest BCUT2D eigenvalue weighted by Crippen LogP contribution is 2.20. The van der Waals surface area contributed by atoms with E-state index >= 15 is 0 Å². The molecule has 1 aromatic carbocycles. The summed E-state index contributed by atoms with van der Waals surface area (Å²) < 4.78 is 5.16. The van der Waals surface area contributed by atoms with Gasteiger partial charge in [-0.1, -0.05) is 18.6 Å². The number of hydrogen-bond donors (Lipinski definition) is 2. The summed E-state index contributed by atoms with van der Waals surface area (Å²) in [5.41, 5.74) is 12.6. The molecular formula is C12H20N2O. The average Bonchev–Trinajstić information content (AvgIpc) is 2.29. The Hall–Kier alpha value is -1.06. The molecule has 0 aliphatic carbocycles. The van der Waals surface area contributed by atoms with Gasteiger partial charge in [-0.3, -0.25) is 0 Å². The van der Waals surface area contributed by atoms with Crippen LogP contribution >= 0.6 is 0 Å². The highest BCUT2D eigenvalue weighted by molar-refractivity contribution is 5.30. The summed E-state index contributed by atoms with van der Waals surface area (Å²) >= 11 is 0. The zero-order valence-electron chi connectivity index (χ0n) is 9.28. The highest BCUT2D eigenvalue weighted by Gasteiger charge is 2.05. The Balaban J connectivity index is 2.52. The van der Waals surface area contributed by atoms with Crippen molar-refractivity contribution in [1.29, 1.82) is 0 Å². The zero-order valence-corrected chi connectivity index (χ0v) is 9.28. The second-order valence-corrected chi connectivity index (χ2v) is 3.67. The lowest BCUT2D eigenvalue weighted by molar-refractivity contribution is 0.413. The van der Waals surface area contributed by atoms with E-state index in [0.717, 1.165) is 37.1 Å². The summed E-state index contributed by atoms with van der Waals surface area (Å²) in [6.45, 7) is 0.741. The fourth-order valence-electron chi connectivity index (χ4n) is 1.55. The molecule has 0 aliphatic rings. The number of unbranched alkanes of at least 4 members (excludes halogenated alkanes) is 1. The van der Waals surface area contributed by atoms with Crippen LogP contribution in [0.4, 0.5) is 0 Å². The minimum absolute atomic E-state index is 0.0895. The molecule has 0 aromatic heterocycles. The van der Waals surface area contributed by atoms with Gasteiger partial charge in [0.15, 0.2) is 0 Å².